The average Bonchev–Trinajstić information content (AvgIpc) is 2.89. The van der Waals surface area contributed by atoms with E-state index in [9.17, 15) is 18.0 Å². The van der Waals surface area contributed by atoms with Gasteiger partial charge in [-0.25, -0.2) is 0 Å². The Morgan fingerprint density at radius 3 is 2.70 bits per heavy atom. The van der Waals surface area contributed by atoms with E-state index in [2.05, 4.69) is 15.9 Å². The van der Waals surface area contributed by atoms with Crippen molar-refractivity contribution in [2.75, 3.05) is 11.4 Å². The predicted molar refractivity (Wildman–Crippen MR) is 85.3 cm³/mol. The fourth-order valence-corrected chi connectivity index (χ4v) is 3.09. The molecule has 3 rings (SSSR count). The van der Waals surface area contributed by atoms with E-state index in [0.29, 0.717) is 12.1 Å². The van der Waals surface area contributed by atoms with Gasteiger partial charge in [-0.05, 0) is 35.7 Å². The highest BCUT2D eigenvalue weighted by Gasteiger charge is 2.31. The zero-order valence-electron chi connectivity index (χ0n) is 12.0. The third-order valence-electron chi connectivity index (χ3n) is 3.85. The highest BCUT2D eigenvalue weighted by atomic mass is 79.9. The number of anilines is 1. The van der Waals surface area contributed by atoms with Crippen molar-refractivity contribution in [2.45, 2.75) is 19.0 Å². The van der Waals surface area contributed by atoms with Gasteiger partial charge in [0.15, 0.2) is 0 Å². The van der Waals surface area contributed by atoms with Crippen LogP contribution < -0.4 is 4.90 Å². The summed E-state index contributed by atoms with van der Waals surface area (Å²) in [6.45, 7) is 0.559. The third-order valence-corrected chi connectivity index (χ3v) is 4.35. The molecule has 1 aliphatic rings. The normalized spacial score (nSPS) is 14.0. The SMILES string of the molecule is O=C(Cc1cccc(C(F)(F)F)c1)N1CCc2ccc(Br)cc21. The Balaban J connectivity index is 1.80. The van der Waals surface area contributed by atoms with E-state index in [4.69, 9.17) is 0 Å². The number of alkyl halides is 3. The molecule has 0 atom stereocenters. The zero-order chi connectivity index (χ0) is 16.6. The number of hydrogen-bond donors (Lipinski definition) is 0. The summed E-state index contributed by atoms with van der Waals surface area (Å²) < 4.78 is 39.1. The Morgan fingerprint density at radius 2 is 1.96 bits per heavy atom. The van der Waals surface area contributed by atoms with Crippen LogP contribution in [0.15, 0.2) is 46.9 Å². The van der Waals surface area contributed by atoms with Gasteiger partial charge in [0.25, 0.3) is 0 Å². The van der Waals surface area contributed by atoms with Crippen LogP contribution in [0.5, 0.6) is 0 Å². The van der Waals surface area contributed by atoms with Crippen LogP contribution in [-0.4, -0.2) is 12.5 Å². The van der Waals surface area contributed by atoms with Gasteiger partial charge in [0.05, 0.1) is 12.0 Å². The second-order valence-corrected chi connectivity index (χ2v) is 6.36. The molecule has 1 amide bonds. The van der Waals surface area contributed by atoms with Crippen LogP contribution >= 0.6 is 15.9 Å². The second-order valence-electron chi connectivity index (χ2n) is 5.44. The van der Waals surface area contributed by atoms with E-state index in [1.54, 1.807) is 11.0 Å². The van der Waals surface area contributed by atoms with Crippen LogP contribution in [0, 0.1) is 0 Å². The van der Waals surface area contributed by atoms with Crippen molar-refractivity contribution in [1.29, 1.82) is 0 Å². The van der Waals surface area contributed by atoms with Gasteiger partial charge >= 0.3 is 6.18 Å². The number of halogens is 4. The standard InChI is InChI=1S/C17H13BrF3NO/c18-14-5-4-12-6-7-22(15(12)10-14)16(23)9-11-2-1-3-13(8-11)17(19,20)21/h1-5,8,10H,6-7,9H2. The first-order valence-electron chi connectivity index (χ1n) is 7.09. The summed E-state index contributed by atoms with van der Waals surface area (Å²) in [7, 11) is 0. The molecule has 2 aromatic carbocycles. The molecule has 1 aliphatic heterocycles. The maximum Gasteiger partial charge on any atom is 0.416 e. The monoisotopic (exact) mass is 383 g/mol. The van der Waals surface area contributed by atoms with E-state index in [0.717, 1.165) is 34.3 Å². The van der Waals surface area contributed by atoms with Gasteiger partial charge in [-0.1, -0.05) is 40.2 Å². The molecule has 0 saturated carbocycles. The number of fused-ring (bicyclic) bond motifs is 1. The average molecular weight is 384 g/mol. The second kappa shape index (κ2) is 6.00. The van der Waals surface area contributed by atoms with Gasteiger partial charge in [0.2, 0.25) is 5.91 Å². The predicted octanol–water partition coefficient (Wildman–Crippen LogP) is 4.60. The van der Waals surface area contributed by atoms with Crippen LogP contribution in [0.4, 0.5) is 18.9 Å². The number of carbonyl (C=O) groups excluding carboxylic acids is 1. The Hall–Kier alpha value is -1.82. The molecule has 0 aliphatic carbocycles. The van der Waals surface area contributed by atoms with Gasteiger partial charge in [-0.15, -0.1) is 0 Å². The van der Waals surface area contributed by atoms with Crippen molar-refractivity contribution >= 4 is 27.5 Å². The zero-order valence-corrected chi connectivity index (χ0v) is 13.6. The van der Waals surface area contributed by atoms with Crippen molar-refractivity contribution in [3.63, 3.8) is 0 Å². The first kappa shape index (κ1) is 16.1. The Labute approximate surface area is 140 Å². The van der Waals surface area contributed by atoms with E-state index >= 15 is 0 Å². The van der Waals surface area contributed by atoms with Crippen molar-refractivity contribution in [3.8, 4) is 0 Å². The molecular weight excluding hydrogens is 371 g/mol. The van der Waals surface area contributed by atoms with Crippen molar-refractivity contribution in [3.05, 3.63) is 63.6 Å². The van der Waals surface area contributed by atoms with Gasteiger partial charge in [-0.2, -0.15) is 13.2 Å². The first-order chi connectivity index (χ1) is 10.8. The van der Waals surface area contributed by atoms with E-state index < -0.39 is 11.7 Å². The highest BCUT2D eigenvalue weighted by Crippen LogP contribution is 2.32. The van der Waals surface area contributed by atoms with Gasteiger partial charge < -0.3 is 4.90 Å². The summed E-state index contributed by atoms with van der Waals surface area (Å²) >= 11 is 3.38. The maximum absolute atomic E-state index is 12.7. The molecule has 6 heteroatoms. The number of nitrogens with zero attached hydrogens (tertiary/aromatic N) is 1. The summed E-state index contributed by atoms with van der Waals surface area (Å²) in [5, 5.41) is 0. The summed E-state index contributed by atoms with van der Waals surface area (Å²) in [4.78, 5) is 14.1. The van der Waals surface area contributed by atoms with E-state index in [1.807, 2.05) is 18.2 Å². The quantitative estimate of drug-likeness (QED) is 0.741. The number of amides is 1. The van der Waals surface area contributed by atoms with Crippen molar-refractivity contribution in [2.24, 2.45) is 0 Å². The molecule has 23 heavy (non-hydrogen) atoms. The van der Waals surface area contributed by atoms with Crippen molar-refractivity contribution in [1.82, 2.24) is 0 Å². The van der Waals surface area contributed by atoms with Crippen molar-refractivity contribution < 1.29 is 18.0 Å². The van der Waals surface area contributed by atoms with Crippen LogP contribution in [0.1, 0.15) is 16.7 Å². The van der Waals surface area contributed by atoms with Crippen LogP contribution in [-0.2, 0) is 23.8 Å². The smallest absolute Gasteiger partial charge is 0.311 e. The molecule has 0 spiro atoms. The minimum Gasteiger partial charge on any atom is -0.311 e. The number of carbonyl (C=O) groups is 1. The molecule has 0 aromatic heterocycles. The molecule has 120 valence electrons. The molecule has 0 bridgehead atoms. The van der Waals surface area contributed by atoms with Gasteiger partial charge in [0.1, 0.15) is 0 Å². The topological polar surface area (TPSA) is 20.3 Å². The number of rotatable bonds is 2. The van der Waals surface area contributed by atoms with Crippen LogP contribution in [0.3, 0.4) is 0 Å². The minimum atomic E-state index is -4.40. The summed E-state index contributed by atoms with van der Waals surface area (Å²) in [5.41, 5.74) is 1.54. The number of hydrogen-bond acceptors (Lipinski definition) is 1. The maximum atomic E-state index is 12.7. The van der Waals surface area contributed by atoms with Crippen LogP contribution in [0.2, 0.25) is 0 Å². The lowest BCUT2D eigenvalue weighted by molar-refractivity contribution is -0.137. The molecule has 0 radical (unpaired) electrons. The molecule has 1 heterocycles. The van der Waals surface area contributed by atoms with Gasteiger partial charge in [0, 0.05) is 16.7 Å². The lowest BCUT2D eigenvalue weighted by Crippen LogP contribution is -2.30. The lowest BCUT2D eigenvalue weighted by Gasteiger charge is -2.18. The number of benzene rings is 2. The van der Waals surface area contributed by atoms with E-state index in [1.165, 1.54) is 6.07 Å². The molecule has 2 nitrogen and oxygen atoms in total. The van der Waals surface area contributed by atoms with E-state index in [-0.39, 0.29) is 12.3 Å². The summed E-state index contributed by atoms with van der Waals surface area (Å²) in [5.74, 6) is -0.193. The molecule has 0 unspecified atom stereocenters. The first-order valence-corrected chi connectivity index (χ1v) is 7.89. The Kier molecular flexibility index (Phi) is 4.19. The summed E-state index contributed by atoms with van der Waals surface area (Å²) in [6, 6.07) is 10.7. The molecule has 0 saturated heterocycles. The fraction of sp³-hybridized carbons (Fsp3) is 0.235. The fourth-order valence-electron chi connectivity index (χ4n) is 2.74. The van der Waals surface area contributed by atoms with Gasteiger partial charge in [-0.3, -0.25) is 4.79 Å². The largest absolute Gasteiger partial charge is 0.416 e. The minimum absolute atomic E-state index is 0.0458. The summed E-state index contributed by atoms with van der Waals surface area (Å²) in [6.07, 6.45) is -3.68. The molecular formula is C17H13BrF3NO. The molecule has 2 aromatic rings. The van der Waals surface area contributed by atoms with Crippen LogP contribution in [0.25, 0.3) is 0 Å². The molecule has 0 fully saturated rings. The Morgan fingerprint density at radius 1 is 1.17 bits per heavy atom. The molecule has 0 N–H and O–H groups in total. The third kappa shape index (κ3) is 3.42. The lowest BCUT2D eigenvalue weighted by atomic mass is 10.1. The highest BCUT2D eigenvalue weighted by molar-refractivity contribution is 9.10. The Bertz CT molecular complexity index is 758.